The van der Waals surface area contributed by atoms with E-state index in [0.29, 0.717) is 0 Å². The molecule has 1 heterocycles. The summed E-state index contributed by atoms with van der Waals surface area (Å²) in [7, 11) is 0. The summed E-state index contributed by atoms with van der Waals surface area (Å²) in [5.74, 6) is 6.43. The van der Waals surface area contributed by atoms with Crippen LogP contribution in [-0.2, 0) is 12.8 Å². The number of nitrogens with two attached hydrogens (primary N) is 1. The molecule has 102 valence electrons. The summed E-state index contributed by atoms with van der Waals surface area (Å²) < 4.78 is 0. The first-order chi connectivity index (χ1) is 9.76. The van der Waals surface area contributed by atoms with E-state index in [0.717, 1.165) is 35.4 Å². The number of hydrogen-bond acceptors (Lipinski definition) is 3. The molecule has 0 unspecified atom stereocenters. The highest BCUT2D eigenvalue weighted by Crippen LogP contribution is 2.17. The van der Waals surface area contributed by atoms with Crippen LogP contribution >= 0.6 is 0 Å². The molecular formula is C16H18N4. The van der Waals surface area contributed by atoms with Crippen molar-refractivity contribution in [3.8, 4) is 0 Å². The third-order valence-electron chi connectivity index (χ3n) is 3.59. The monoisotopic (exact) mass is 266 g/mol. The first-order valence-corrected chi connectivity index (χ1v) is 6.76. The molecule has 3 aromatic rings. The van der Waals surface area contributed by atoms with E-state index in [1.807, 2.05) is 18.2 Å². The number of imidazole rings is 1. The first kappa shape index (κ1) is 12.7. The van der Waals surface area contributed by atoms with Crippen LogP contribution in [0.2, 0.25) is 0 Å². The molecule has 0 bridgehead atoms. The number of rotatable bonds is 4. The minimum Gasteiger partial charge on any atom is -0.342 e. The Hall–Kier alpha value is -2.33. The second-order valence-corrected chi connectivity index (χ2v) is 4.99. The van der Waals surface area contributed by atoms with E-state index >= 15 is 0 Å². The first-order valence-electron chi connectivity index (χ1n) is 6.76. The summed E-state index contributed by atoms with van der Waals surface area (Å²) in [4.78, 5) is 7.96. The number of aryl methyl sites for hydroxylation is 3. The van der Waals surface area contributed by atoms with Gasteiger partial charge in [-0.3, -0.25) is 5.84 Å². The molecular weight excluding hydrogens is 248 g/mol. The number of aromatic nitrogens is 2. The molecule has 0 saturated heterocycles. The Balaban J connectivity index is 1.79. The van der Waals surface area contributed by atoms with Gasteiger partial charge in [0.25, 0.3) is 0 Å². The third kappa shape index (κ3) is 2.51. The fourth-order valence-electron chi connectivity index (χ4n) is 2.41. The van der Waals surface area contributed by atoms with Crippen molar-refractivity contribution in [1.82, 2.24) is 9.97 Å². The van der Waals surface area contributed by atoms with Crippen molar-refractivity contribution in [1.29, 1.82) is 0 Å². The Bertz CT molecular complexity index is 730. The predicted octanol–water partition coefficient (Wildman–Crippen LogP) is 2.94. The molecule has 0 aliphatic carbocycles. The number of nitrogen functional groups attached to an aromatic ring is 1. The molecule has 2 aromatic carbocycles. The zero-order valence-electron chi connectivity index (χ0n) is 11.5. The SMILES string of the molecule is Cc1ccccc1CCc1nc2ccc(NN)cc2[nH]1. The van der Waals surface area contributed by atoms with Crippen molar-refractivity contribution in [3.63, 3.8) is 0 Å². The molecule has 0 saturated carbocycles. The van der Waals surface area contributed by atoms with E-state index in [2.05, 4.69) is 46.6 Å². The molecule has 20 heavy (non-hydrogen) atoms. The lowest BCUT2D eigenvalue weighted by Gasteiger charge is -2.03. The van der Waals surface area contributed by atoms with Crippen LogP contribution in [0, 0.1) is 6.92 Å². The van der Waals surface area contributed by atoms with Gasteiger partial charge in [-0.2, -0.15) is 0 Å². The number of benzene rings is 2. The molecule has 3 rings (SSSR count). The van der Waals surface area contributed by atoms with Crippen LogP contribution in [-0.4, -0.2) is 9.97 Å². The Morgan fingerprint density at radius 1 is 1.15 bits per heavy atom. The number of H-pyrrole nitrogens is 1. The zero-order valence-corrected chi connectivity index (χ0v) is 11.5. The minimum atomic E-state index is 0.881. The molecule has 1 aromatic heterocycles. The van der Waals surface area contributed by atoms with Gasteiger partial charge in [-0.05, 0) is 42.7 Å². The molecule has 0 atom stereocenters. The fourth-order valence-corrected chi connectivity index (χ4v) is 2.41. The van der Waals surface area contributed by atoms with Crippen LogP contribution in [0.1, 0.15) is 17.0 Å². The van der Waals surface area contributed by atoms with Gasteiger partial charge in [0.05, 0.1) is 16.7 Å². The Morgan fingerprint density at radius 2 is 2.00 bits per heavy atom. The zero-order chi connectivity index (χ0) is 13.9. The van der Waals surface area contributed by atoms with E-state index in [1.54, 1.807) is 0 Å². The highest BCUT2D eigenvalue weighted by Gasteiger charge is 2.05. The summed E-state index contributed by atoms with van der Waals surface area (Å²) in [5, 5.41) is 0. The van der Waals surface area contributed by atoms with Gasteiger partial charge in [0.15, 0.2) is 0 Å². The number of aromatic amines is 1. The minimum absolute atomic E-state index is 0.881. The van der Waals surface area contributed by atoms with Crippen molar-refractivity contribution >= 4 is 16.7 Å². The standard InChI is InChI=1S/C16H18N4/c1-11-4-2-3-5-12(11)6-9-16-18-14-8-7-13(20-17)10-15(14)19-16/h2-5,7-8,10,20H,6,9,17H2,1H3,(H,18,19). The number of nitrogens with zero attached hydrogens (tertiary/aromatic N) is 1. The molecule has 4 N–H and O–H groups in total. The Morgan fingerprint density at radius 3 is 2.80 bits per heavy atom. The average molecular weight is 266 g/mol. The topological polar surface area (TPSA) is 66.7 Å². The van der Waals surface area contributed by atoms with Crippen molar-refractivity contribution in [2.45, 2.75) is 19.8 Å². The summed E-state index contributed by atoms with van der Waals surface area (Å²) in [6, 6.07) is 14.3. The van der Waals surface area contributed by atoms with E-state index in [4.69, 9.17) is 5.84 Å². The highest BCUT2D eigenvalue weighted by molar-refractivity contribution is 5.79. The van der Waals surface area contributed by atoms with E-state index in [-0.39, 0.29) is 0 Å². The summed E-state index contributed by atoms with van der Waals surface area (Å²) in [6.07, 6.45) is 1.90. The van der Waals surface area contributed by atoms with Crippen molar-refractivity contribution in [2.24, 2.45) is 5.84 Å². The van der Waals surface area contributed by atoms with Gasteiger partial charge in [-0.15, -0.1) is 0 Å². The van der Waals surface area contributed by atoms with Crippen LogP contribution in [0.3, 0.4) is 0 Å². The number of hydrazine groups is 1. The second-order valence-electron chi connectivity index (χ2n) is 4.99. The Labute approximate surface area is 118 Å². The van der Waals surface area contributed by atoms with E-state index in [1.165, 1.54) is 11.1 Å². The molecule has 4 heteroatoms. The predicted molar refractivity (Wildman–Crippen MR) is 82.5 cm³/mol. The van der Waals surface area contributed by atoms with Gasteiger partial charge in [-0.25, -0.2) is 4.98 Å². The quantitative estimate of drug-likeness (QED) is 0.502. The average Bonchev–Trinajstić information content (AvgIpc) is 2.88. The number of hydrogen-bond donors (Lipinski definition) is 3. The lowest BCUT2D eigenvalue weighted by atomic mass is 10.0. The smallest absolute Gasteiger partial charge is 0.107 e. The van der Waals surface area contributed by atoms with Gasteiger partial charge in [0.1, 0.15) is 5.82 Å². The van der Waals surface area contributed by atoms with Gasteiger partial charge in [0.2, 0.25) is 0 Å². The molecule has 0 aliphatic heterocycles. The van der Waals surface area contributed by atoms with Gasteiger partial charge >= 0.3 is 0 Å². The molecule has 0 fully saturated rings. The number of fused-ring (bicyclic) bond motifs is 1. The lowest BCUT2D eigenvalue weighted by molar-refractivity contribution is 0.884. The van der Waals surface area contributed by atoms with Crippen LogP contribution in [0.5, 0.6) is 0 Å². The van der Waals surface area contributed by atoms with Gasteiger partial charge < -0.3 is 10.4 Å². The summed E-state index contributed by atoms with van der Waals surface area (Å²) in [6.45, 7) is 2.15. The molecule has 0 spiro atoms. The summed E-state index contributed by atoms with van der Waals surface area (Å²) >= 11 is 0. The maximum Gasteiger partial charge on any atom is 0.107 e. The van der Waals surface area contributed by atoms with E-state index < -0.39 is 0 Å². The number of nitrogens with one attached hydrogen (secondary N) is 2. The highest BCUT2D eigenvalue weighted by atomic mass is 15.2. The van der Waals surface area contributed by atoms with Crippen LogP contribution in [0.4, 0.5) is 5.69 Å². The lowest BCUT2D eigenvalue weighted by Crippen LogP contribution is -2.05. The molecule has 0 amide bonds. The largest absolute Gasteiger partial charge is 0.342 e. The third-order valence-corrected chi connectivity index (χ3v) is 3.59. The van der Waals surface area contributed by atoms with Gasteiger partial charge in [-0.1, -0.05) is 24.3 Å². The normalized spacial score (nSPS) is 10.9. The fraction of sp³-hybridized carbons (Fsp3) is 0.188. The van der Waals surface area contributed by atoms with Crippen molar-refractivity contribution < 1.29 is 0 Å². The number of anilines is 1. The molecule has 4 nitrogen and oxygen atoms in total. The maximum absolute atomic E-state index is 5.41. The van der Waals surface area contributed by atoms with Crippen LogP contribution in [0.25, 0.3) is 11.0 Å². The van der Waals surface area contributed by atoms with E-state index in [9.17, 15) is 0 Å². The second kappa shape index (κ2) is 5.35. The Kier molecular flexibility index (Phi) is 3.39. The van der Waals surface area contributed by atoms with Crippen molar-refractivity contribution in [2.75, 3.05) is 5.43 Å². The van der Waals surface area contributed by atoms with Crippen LogP contribution < -0.4 is 11.3 Å². The molecule has 0 radical (unpaired) electrons. The molecule has 0 aliphatic rings. The summed E-state index contributed by atoms with van der Waals surface area (Å²) in [5.41, 5.74) is 8.22. The van der Waals surface area contributed by atoms with Crippen LogP contribution in [0.15, 0.2) is 42.5 Å². The van der Waals surface area contributed by atoms with Gasteiger partial charge in [0, 0.05) is 6.42 Å². The maximum atomic E-state index is 5.41. The van der Waals surface area contributed by atoms with Crippen molar-refractivity contribution in [3.05, 3.63) is 59.4 Å².